The molecule has 2 aliphatic rings. The Kier molecular flexibility index (Phi) is 8.11. The van der Waals surface area contributed by atoms with Crippen molar-refractivity contribution in [3.8, 4) is 5.19 Å². The molecule has 0 aliphatic carbocycles. The van der Waals surface area contributed by atoms with Gasteiger partial charge in [0.2, 0.25) is 16.0 Å². The van der Waals surface area contributed by atoms with Crippen molar-refractivity contribution >= 4 is 43.1 Å². The van der Waals surface area contributed by atoms with E-state index in [9.17, 15) is 21.6 Å². The normalized spacial score (nSPS) is 17.9. The number of aryl methyl sites for hydroxylation is 1. The Morgan fingerprint density at radius 2 is 1.87 bits per heavy atom. The van der Waals surface area contributed by atoms with E-state index in [1.54, 1.807) is 6.08 Å². The molecule has 0 N–H and O–H groups in total. The minimum Gasteiger partial charge on any atom is -0.467 e. The van der Waals surface area contributed by atoms with Crippen molar-refractivity contribution in [3.63, 3.8) is 0 Å². The zero-order valence-electron chi connectivity index (χ0n) is 21.5. The number of nitrogens with zero attached hydrogens (tertiary/aromatic N) is 5. The monoisotopic (exact) mass is 581 g/mol. The van der Waals surface area contributed by atoms with Crippen LogP contribution >= 0.6 is 11.3 Å². The second kappa shape index (κ2) is 11.4. The quantitative estimate of drug-likeness (QED) is 0.367. The van der Waals surface area contributed by atoms with Crippen molar-refractivity contribution < 1.29 is 26.3 Å². The molecule has 0 unspecified atom stereocenters. The Labute approximate surface area is 229 Å². The van der Waals surface area contributed by atoms with Gasteiger partial charge in [-0.3, -0.25) is 0 Å². The number of halogens is 3. The highest BCUT2D eigenvalue weighted by Gasteiger charge is 2.38. The largest absolute Gasteiger partial charge is 0.467 e. The molecule has 0 atom stereocenters. The van der Waals surface area contributed by atoms with Crippen LogP contribution in [0.4, 0.5) is 19.1 Å². The van der Waals surface area contributed by atoms with Crippen molar-refractivity contribution in [2.24, 2.45) is 0 Å². The maximum Gasteiger partial charge on any atom is 0.404 e. The van der Waals surface area contributed by atoms with Gasteiger partial charge in [-0.05, 0) is 41.7 Å². The Bertz CT molecular complexity index is 1430. The average molecular weight is 582 g/mol. The van der Waals surface area contributed by atoms with Crippen molar-refractivity contribution in [1.82, 2.24) is 19.3 Å². The van der Waals surface area contributed by atoms with Crippen LogP contribution in [-0.2, 0) is 16.4 Å². The van der Waals surface area contributed by atoms with Crippen LogP contribution in [0.1, 0.15) is 43.7 Å². The zero-order valence-corrected chi connectivity index (χ0v) is 23.2. The second-order valence-electron chi connectivity index (χ2n) is 9.82. The van der Waals surface area contributed by atoms with Gasteiger partial charge in [-0.2, -0.15) is 17.5 Å². The number of benzene rings is 1. The fraction of sp³-hybridized carbons (Fsp3) is 0.500. The zero-order chi connectivity index (χ0) is 27.6. The standard InChI is InChI=1S/C26H30F3N5O3S2/c1-2-3-18-15-30-24(31-16-18)33-10-8-21(9-11-33)37-25-32-22-5-4-20(14-23(22)38-25)19-6-12-34(13-7-19)39(35,36)17-26(27,28)29/h4-6,14-16,21H,2-3,7-13,17H2,1H3. The number of aromatic nitrogens is 3. The third-order valence-electron chi connectivity index (χ3n) is 6.87. The molecule has 8 nitrogen and oxygen atoms in total. The molecular formula is C26H30F3N5O3S2. The molecule has 0 bridgehead atoms. The molecule has 39 heavy (non-hydrogen) atoms. The van der Waals surface area contributed by atoms with Gasteiger partial charge in [0, 0.05) is 51.4 Å². The topological polar surface area (TPSA) is 88.5 Å². The van der Waals surface area contributed by atoms with E-state index in [1.165, 1.54) is 11.3 Å². The average Bonchev–Trinajstić information content (AvgIpc) is 3.30. The first-order chi connectivity index (χ1) is 18.6. The van der Waals surface area contributed by atoms with Crippen molar-refractivity contribution in [3.05, 3.63) is 47.8 Å². The molecule has 1 fully saturated rings. The van der Waals surface area contributed by atoms with E-state index in [-0.39, 0.29) is 19.2 Å². The third kappa shape index (κ3) is 6.87. The summed E-state index contributed by atoms with van der Waals surface area (Å²) < 4.78 is 70.0. The summed E-state index contributed by atoms with van der Waals surface area (Å²) in [7, 11) is -4.39. The van der Waals surface area contributed by atoms with Crippen LogP contribution in [0.15, 0.2) is 36.7 Å². The van der Waals surface area contributed by atoms with E-state index in [0.717, 1.165) is 75.9 Å². The summed E-state index contributed by atoms with van der Waals surface area (Å²) in [6.45, 7) is 3.68. The van der Waals surface area contributed by atoms with Gasteiger partial charge in [-0.1, -0.05) is 36.8 Å². The van der Waals surface area contributed by atoms with Gasteiger partial charge in [0.15, 0.2) is 5.75 Å². The molecule has 0 spiro atoms. The molecule has 0 radical (unpaired) electrons. The number of alkyl halides is 3. The van der Waals surface area contributed by atoms with Gasteiger partial charge in [0.05, 0.1) is 10.2 Å². The van der Waals surface area contributed by atoms with Gasteiger partial charge in [-0.25, -0.2) is 23.4 Å². The third-order valence-corrected chi connectivity index (χ3v) is 9.59. The van der Waals surface area contributed by atoms with Gasteiger partial charge in [-0.15, -0.1) is 0 Å². The van der Waals surface area contributed by atoms with E-state index < -0.39 is 22.0 Å². The summed E-state index contributed by atoms with van der Waals surface area (Å²) in [5.41, 5.74) is 3.77. The second-order valence-corrected chi connectivity index (χ2v) is 12.8. The lowest BCUT2D eigenvalue weighted by Crippen LogP contribution is -2.40. The van der Waals surface area contributed by atoms with Crippen molar-refractivity contribution in [2.45, 2.75) is 51.3 Å². The number of anilines is 1. The number of hydrogen-bond acceptors (Lipinski definition) is 8. The summed E-state index contributed by atoms with van der Waals surface area (Å²) in [6, 6.07) is 5.78. The highest BCUT2D eigenvalue weighted by molar-refractivity contribution is 7.89. The fourth-order valence-electron chi connectivity index (χ4n) is 4.86. The molecule has 0 saturated carbocycles. The first-order valence-electron chi connectivity index (χ1n) is 13.0. The van der Waals surface area contributed by atoms with Gasteiger partial charge >= 0.3 is 6.18 Å². The van der Waals surface area contributed by atoms with Crippen LogP contribution < -0.4 is 9.64 Å². The summed E-state index contributed by atoms with van der Waals surface area (Å²) in [4.78, 5) is 15.8. The van der Waals surface area contributed by atoms with E-state index >= 15 is 0 Å². The molecule has 0 amide bonds. The minimum absolute atomic E-state index is 0.0198. The van der Waals surface area contributed by atoms with Gasteiger partial charge in [0.1, 0.15) is 6.10 Å². The maximum absolute atomic E-state index is 12.6. The first-order valence-corrected chi connectivity index (χ1v) is 15.4. The highest BCUT2D eigenvalue weighted by atomic mass is 32.2. The number of fused-ring (bicyclic) bond motifs is 1. The Morgan fingerprint density at radius 3 is 2.51 bits per heavy atom. The lowest BCUT2D eigenvalue weighted by molar-refractivity contribution is -0.107. The molecule has 210 valence electrons. The lowest BCUT2D eigenvalue weighted by atomic mass is 10.0. The maximum atomic E-state index is 12.6. The lowest BCUT2D eigenvalue weighted by Gasteiger charge is -2.31. The summed E-state index contributed by atoms with van der Waals surface area (Å²) in [5.74, 6) is -1.09. The number of hydrogen-bond donors (Lipinski definition) is 0. The van der Waals surface area contributed by atoms with Crippen molar-refractivity contribution in [1.29, 1.82) is 0 Å². The van der Waals surface area contributed by atoms with Gasteiger partial charge in [0.25, 0.3) is 5.19 Å². The number of ether oxygens (including phenoxy) is 1. The molecule has 2 aliphatic heterocycles. The summed E-state index contributed by atoms with van der Waals surface area (Å²) >= 11 is 1.45. The van der Waals surface area contributed by atoms with E-state index in [4.69, 9.17) is 4.74 Å². The molecule has 5 rings (SSSR count). The summed E-state index contributed by atoms with van der Waals surface area (Å²) in [6.07, 6.45) is 4.83. The molecule has 2 aromatic heterocycles. The fourth-order valence-corrected chi connectivity index (χ4v) is 7.05. The van der Waals surface area contributed by atoms with Gasteiger partial charge < -0.3 is 9.64 Å². The first kappa shape index (κ1) is 27.8. The number of rotatable bonds is 8. The van der Waals surface area contributed by atoms with Crippen molar-refractivity contribution in [2.75, 3.05) is 36.8 Å². The predicted octanol–water partition coefficient (Wildman–Crippen LogP) is 5.07. The SMILES string of the molecule is CCCc1cnc(N2CCC(Oc3nc4ccc(C5=CCN(S(=O)(=O)CC(F)(F)F)CC5)cc4s3)CC2)nc1. The van der Waals surface area contributed by atoms with Crippen LogP contribution in [0, 0.1) is 0 Å². The molecule has 1 saturated heterocycles. The van der Waals surface area contributed by atoms with E-state index in [1.807, 2.05) is 30.6 Å². The summed E-state index contributed by atoms with van der Waals surface area (Å²) in [5, 5.41) is 0.600. The molecule has 13 heteroatoms. The van der Waals surface area contributed by atoms with Crippen LogP contribution in [0.25, 0.3) is 15.8 Å². The van der Waals surface area contributed by atoms with Crippen LogP contribution in [0.5, 0.6) is 5.19 Å². The molecule has 4 heterocycles. The molecular weight excluding hydrogens is 551 g/mol. The number of piperidine rings is 1. The van der Waals surface area contributed by atoms with Crippen LogP contribution in [0.3, 0.4) is 0 Å². The number of sulfonamides is 1. The number of thiazole rings is 1. The predicted molar refractivity (Wildman–Crippen MR) is 146 cm³/mol. The van der Waals surface area contributed by atoms with E-state index in [0.29, 0.717) is 11.6 Å². The highest BCUT2D eigenvalue weighted by Crippen LogP contribution is 2.34. The van der Waals surface area contributed by atoms with Crippen LogP contribution in [-0.4, -0.2) is 71.9 Å². The Hall–Kier alpha value is -2.77. The molecule has 1 aromatic carbocycles. The minimum atomic E-state index is -4.76. The molecule has 3 aromatic rings. The van der Waals surface area contributed by atoms with E-state index in [2.05, 4.69) is 26.8 Å². The Balaban J connectivity index is 1.18. The van der Waals surface area contributed by atoms with Crippen LogP contribution in [0.2, 0.25) is 0 Å². The Morgan fingerprint density at radius 1 is 1.13 bits per heavy atom. The smallest absolute Gasteiger partial charge is 0.404 e.